The van der Waals surface area contributed by atoms with Crippen LogP contribution in [-0.4, -0.2) is 42.0 Å². The molecular weight excluding hydrogens is 242 g/mol. The molecule has 0 aliphatic carbocycles. The zero-order chi connectivity index (χ0) is 12.5. The Morgan fingerprint density at radius 1 is 1.53 bits per heavy atom. The number of aromatic nitrogens is 1. The van der Waals surface area contributed by atoms with Gasteiger partial charge >= 0.3 is 0 Å². The Labute approximate surface area is 100 Å². The van der Waals surface area contributed by atoms with Crippen molar-refractivity contribution in [2.75, 3.05) is 18.9 Å². The van der Waals surface area contributed by atoms with E-state index in [-0.39, 0.29) is 23.4 Å². The summed E-state index contributed by atoms with van der Waals surface area (Å²) in [5, 5.41) is 9.15. The highest BCUT2D eigenvalue weighted by Gasteiger charge is 2.34. The highest BCUT2D eigenvalue weighted by Crippen LogP contribution is 2.25. The fourth-order valence-electron chi connectivity index (χ4n) is 1.99. The van der Waals surface area contributed by atoms with Crippen molar-refractivity contribution in [3.8, 4) is 0 Å². The third-order valence-corrected chi connectivity index (χ3v) is 4.84. The summed E-state index contributed by atoms with van der Waals surface area (Å²) < 4.78 is 25.8. The third-order valence-electron chi connectivity index (χ3n) is 2.90. The Hall–Kier alpha value is -1.18. The van der Waals surface area contributed by atoms with Crippen LogP contribution in [0.3, 0.4) is 0 Å². The molecule has 1 aromatic heterocycles. The maximum Gasteiger partial charge on any atom is 0.244 e. The molecule has 94 valence electrons. The summed E-state index contributed by atoms with van der Waals surface area (Å²) in [6.45, 7) is 0.291. The lowest BCUT2D eigenvalue weighted by molar-refractivity contribution is 0.213. The van der Waals surface area contributed by atoms with Gasteiger partial charge in [-0.15, -0.1) is 0 Å². The van der Waals surface area contributed by atoms with E-state index >= 15 is 0 Å². The van der Waals surface area contributed by atoms with E-state index in [1.54, 1.807) is 0 Å². The highest BCUT2D eigenvalue weighted by molar-refractivity contribution is 7.89. The highest BCUT2D eigenvalue weighted by atomic mass is 32.2. The van der Waals surface area contributed by atoms with E-state index in [1.165, 1.54) is 22.6 Å². The van der Waals surface area contributed by atoms with Gasteiger partial charge in [-0.3, -0.25) is 0 Å². The molecule has 2 heterocycles. The molecule has 1 aliphatic rings. The van der Waals surface area contributed by atoms with Crippen LogP contribution in [0.1, 0.15) is 12.8 Å². The first-order chi connectivity index (χ1) is 8.05. The molecule has 0 aromatic carbocycles. The van der Waals surface area contributed by atoms with Gasteiger partial charge in [0.05, 0.1) is 6.61 Å². The molecule has 6 nitrogen and oxygen atoms in total. The van der Waals surface area contributed by atoms with Gasteiger partial charge in [-0.2, -0.15) is 4.31 Å². The summed E-state index contributed by atoms with van der Waals surface area (Å²) in [5.74, 6) is 0.282. The van der Waals surface area contributed by atoms with E-state index in [2.05, 4.69) is 4.98 Å². The number of aliphatic hydroxyl groups excluding tert-OH is 1. The summed E-state index contributed by atoms with van der Waals surface area (Å²) in [6, 6.07) is 2.57. The number of nitrogen functional groups attached to an aromatic ring is 1. The van der Waals surface area contributed by atoms with Gasteiger partial charge in [0.1, 0.15) is 10.7 Å². The summed E-state index contributed by atoms with van der Waals surface area (Å²) >= 11 is 0. The molecule has 0 spiro atoms. The first-order valence-corrected chi connectivity index (χ1v) is 6.84. The van der Waals surface area contributed by atoms with Crippen LogP contribution >= 0.6 is 0 Å². The topological polar surface area (TPSA) is 96.5 Å². The number of anilines is 1. The van der Waals surface area contributed by atoms with Gasteiger partial charge in [-0.05, 0) is 25.0 Å². The Morgan fingerprint density at radius 2 is 2.29 bits per heavy atom. The van der Waals surface area contributed by atoms with Crippen molar-refractivity contribution in [3.63, 3.8) is 0 Å². The van der Waals surface area contributed by atoms with E-state index in [0.29, 0.717) is 13.0 Å². The normalized spacial score (nSPS) is 21.8. The number of aliphatic hydroxyl groups is 1. The van der Waals surface area contributed by atoms with Gasteiger partial charge in [0, 0.05) is 18.8 Å². The average Bonchev–Trinajstić information content (AvgIpc) is 2.78. The van der Waals surface area contributed by atoms with Crippen LogP contribution in [0.5, 0.6) is 0 Å². The molecule has 1 fully saturated rings. The van der Waals surface area contributed by atoms with Crippen LogP contribution in [0, 0.1) is 0 Å². The maximum absolute atomic E-state index is 12.2. The van der Waals surface area contributed by atoms with Crippen molar-refractivity contribution in [1.29, 1.82) is 0 Å². The molecule has 1 saturated heterocycles. The average molecular weight is 257 g/mol. The second-order valence-corrected chi connectivity index (χ2v) is 5.90. The zero-order valence-electron chi connectivity index (χ0n) is 9.28. The third kappa shape index (κ3) is 2.26. The molecule has 17 heavy (non-hydrogen) atoms. The predicted octanol–water partition coefficient (Wildman–Crippen LogP) is -0.191. The molecule has 1 aliphatic heterocycles. The van der Waals surface area contributed by atoms with E-state index in [1.807, 2.05) is 0 Å². The number of sulfonamides is 1. The Bertz CT molecular complexity index is 486. The monoisotopic (exact) mass is 257 g/mol. The van der Waals surface area contributed by atoms with Crippen molar-refractivity contribution in [2.45, 2.75) is 23.8 Å². The molecule has 0 radical (unpaired) electrons. The maximum atomic E-state index is 12.2. The van der Waals surface area contributed by atoms with E-state index in [4.69, 9.17) is 10.8 Å². The molecular formula is C10H15N3O3S. The molecule has 0 bridgehead atoms. The predicted molar refractivity (Wildman–Crippen MR) is 62.6 cm³/mol. The zero-order valence-corrected chi connectivity index (χ0v) is 10.1. The number of pyridine rings is 1. The molecule has 1 atom stereocenters. The van der Waals surface area contributed by atoms with Crippen LogP contribution in [0.2, 0.25) is 0 Å². The van der Waals surface area contributed by atoms with Gasteiger partial charge < -0.3 is 10.8 Å². The second-order valence-electron chi connectivity index (χ2n) is 4.01. The summed E-state index contributed by atoms with van der Waals surface area (Å²) in [6.07, 6.45) is 2.71. The molecule has 3 N–H and O–H groups in total. The van der Waals surface area contributed by atoms with Gasteiger partial charge in [-0.25, -0.2) is 13.4 Å². The lowest BCUT2D eigenvalue weighted by Crippen LogP contribution is -2.37. The first-order valence-electron chi connectivity index (χ1n) is 5.40. The number of rotatable bonds is 3. The quantitative estimate of drug-likeness (QED) is 0.782. The van der Waals surface area contributed by atoms with Crippen LogP contribution in [-0.2, 0) is 10.0 Å². The number of nitrogens with zero attached hydrogens (tertiary/aromatic N) is 2. The molecule has 0 saturated carbocycles. The number of nitrogens with two attached hydrogens (primary N) is 1. The lowest BCUT2D eigenvalue weighted by Gasteiger charge is -2.22. The number of hydrogen-bond donors (Lipinski definition) is 2. The molecule has 2 rings (SSSR count). The SMILES string of the molecule is Nc1ccc(S(=O)(=O)N2CCC[C@H]2CO)cn1. The second kappa shape index (κ2) is 4.59. The Morgan fingerprint density at radius 3 is 2.88 bits per heavy atom. The van der Waals surface area contributed by atoms with Crippen molar-refractivity contribution in [3.05, 3.63) is 18.3 Å². The van der Waals surface area contributed by atoms with Gasteiger partial charge in [0.2, 0.25) is 10.0 Å². The minimum atomic E-state index is -3.56. The minimum Gasteiger partial charge on any atom is -0.395 e. The van der Waals surface area contributed by atoms with Crippen LogP contribution in [0.15, 0.2) is 23.2 Å². The summed E-state index contributed by atoms with van der Waals surface area (Å²) in [7, 11) is -3.56. The summed E-state index contributed by atoms with van der Waals surface area (Å²) in [5.41, 5.74) is 5.42. The van der Waals surface area contributed by atoms with E-state index in [9.17, 15) is 8.42 Å². The fraction of sp³-hybridized carbons (Fsp3) is 0.500. The largest absolute Gasteiger partial charge is 0.395 e. The Balaban J connectivity index is 2.33. The summed E-state index contributed by atoms with van der Waals surface area (Å²) in [4.78, 5) is 3.89. The van der Waals surface area contributed by atoms with Crippen molar-refractivity contribution < 1.29 is 13.5 Å². The van der Waals surface area contributed by atoms with Crippen LogP contribution < -0.4 is 5.73 Å². The van der Waals surface area contributed by atoms with Crippen LogP contribution in [0.4, 0.5) is 5.82 Å². The minimum absolute atomic E-state index is 0.118. The standard InChI is InChI=1S/C10H15N3O3S/c11-10-4-3-9(6-12-10)17(15,16)13-5-1-2-8(13)7-14/h3-4,6,8,14H,1-2,5,7H2,(H2,11,12)/t8-/m0/s1. The first kappa shape index (κ1) is 12.3. The van der Waals surface area contributed by atoms with E-state index in [0.717, 1.165) is 6.42 Å². The smallest absolute Gasteiger partial charge is 0.244 e. The molecule has 0 unspecified atom stereocenters. The number of hydrogen-bond acceptors (Lipinski definition) is 5. The van der Waals surface area contributed by atoms with Crippen molar-refractivity contribution >= 4 is 15.8 Å². The molecule has 1 aromatic rings. The fourth-order valence-corrected chi connectivity index (χ4v) is 3.62. The van der Waals surface area contributed by atoms with Crippen LogP contribution in [0.25, 0.3) is 0 Å². The molecule has 7 heteroatoms. The van der Waals surface area contributed by atoms with Crippen molar-refractivity contribution in [1.82, 2.24) is 9.29 Å². The van der Waals surface area contributed by atoms with E-state index < -0.39 is 10.0 Å². The van der Waals surface area contributed by atoms with Gasteiger partial charge in [0.25, 0.3) is 0 Å². The lowest BCUT2D eigenvalue weighted by atomic mass is 10.2. The van der Waals surface area contributed by atoms with Gasteiger partial charge in [-0.1, -0.05) is 0 Å². The van der Waals surface area contributed by atoms with Crippen molar-refractivity contribution in [2.24, 2.45) is 0 Å². The van der Waals surface area contributed by atoms with Gasteiger partial charge in [0.15, 0.2) is 0 Å². The Kier molecular flexibility index (Phi) is 3.32. The molecule has 0 amide bonds.